The van der Waals surface area contributed by atoms with Crippen LogP contribution in [0, 0.1) is 0 Å². The van der Waals surface area contributed by atoms with Crippen molar-refractivity contribution in [2.24, 2.45) is 0 Å². The van der Waals surface area contributed by atoms with E-state index >= 15 is 0 Å². The van der Waals surface area contributed by atoms with Crippen molar-refractivity contribution in [2.75, 3.05) is 21.3 Å². The molecule has 0 saturated carbocycles. The molecular weight excluding hydrogens is 268 g/mol. The number of hydrogen-bond acceptors (Lipinski definition) is 4. The molecule has 110 valence electrons. The Morgan fingerprint density at radius 3 is 2.29 bits per heavy atom. The molecule has 0 saturated heterocycles. The lowest BCUT2D eigenvalue weighted by Gasteiger charge is -2.15. The van der Waals surface area contributed by atoms with E-state index < -0.39 is 0 Å². The molecule has 0 N–H and O–H groups in total. The molecule has 0 aromatic heterocycles. The van der Waals surface area contributed by atoms with Crippen molar-refractivity contribution in [1.82, 2.24) is 0 Å². The van der Waals surface area contributed by atoms with Gasteiger partial charge in [0.2, 0.25) is 0 Å². The Balaban J connectivity index is 2.54. The molecule has 2 aromatic carbocycles. The van der Waals surface area contributed by atoms with Crippen LogP contribution in [0.3, 0.4) is 0 Å². The Labute approximate surface area is 124 Å². The van der Waals surface area contributed by atoms with Gasteiger partial charge in [-0.05, 0) is 17.2 Å². The van der Waals surface area contributed by atoms with Gasteiger partial charge < -0.3 is 14.2 Å². The summed E-state index contributed by atoms with van der Waals surface area (Å²) >= 11 is 0. The van der Waals surface area contributed by atoms with Crippen LogP contribution in [0.15, 0.2) is 42.5 Å². The summed E-state index contributed by atoms with van der Waals surface area (Å²) in [4.78, 5) is 11.6. The van der Waals surface area contributed by atoms with Gasteiger partial charge >= 0.3 is 5.97 Å². The van der Waals surface area contributed by atoms with Gasteiger partial charge in [0.25, 0.3) is 0 Å². The Morgan fingerprint density at radius 2 is 1.62 bits per heavy atom. The van der Waals surface area contributed by atoms with Crippen molar-refractivity contribution >= 4 is 5.97 Å². The number of carbonyl (C=O) groups excluding carboxylic acids is 1. The van der Waals surface area contributed by atoms with Gasteiger partial charge in [-0.15, -0.1) is 0 Å². The van der Waals surface area contributed by atoms with Gasteiger partial charge in [-0.3, -0.25) is 4.79 Å². The van der Waals surface area contributed by atoms with Crippen LogP contribution in [0.25, 0.3) is 11.1 Å². The number of benzene rings is 2. The highest BCUT2D eigenvalue weighted by atomic mass is 16.5. The summed E-state index contributed by atoms with van der Waals surface area (Å²) < 4.78 is 15.5. The molecular formula is C17H18O4. The first-order valence-corrected chi connectivity index (χ1v) is 6.57. The van der Waals surface area contributed by atoms with E-state index in [2.05, 4.69) is 0 Å². The number of para-hydroxylation sites is 1. The molecule has 0 aliphatic heterocycles. The first kappa shape index (κ1) is 14.9. The van der Waals surface area contributed by atoms with E-state index in [1.54, 1.807) is 14.2 Å². The van der Waals surface area contributed by atoms with Gasteiger partial charge in [-0.25, -0.2) is 0 Å². The maximum absolute atomic E-state index is 11.6. The molecule has 0 aliphatic rings. The monoisotopic (exact) mass is 286 g/mol. The van der Waals surface area contributed by atoms with Crippen molar-refractivity contribution in [3.05, 3.63) is 48.0 Å². The molecule has 4 heteroatoms. The predicted molar refractivity (Wildman–Crippen MR) is 80.7 cm³/mol. The maximum atomic E-state index is 11.6. The summed E-state index contributed by atoms with van der Waals surface area (Å²) in [6.07, 6.45) is 0.215. The second-order valence-corrected chi connectivity index (χ2v) is 4.45. The number of hydrogen-bond donors (Lipinski definition) is 0. The van der Waals surface area contributed by atoms with Gasteiger partial charge in [0.05, 0.1) is 27.8 Å². The summed E-state index contributed by atoms with van der Waals surface area (Å²) in [5.41, 5.74) is 2.70. The SMILES string of the molecule is COC(=O)Cc1ccccc1-c1cccc(OC)c1OC. The zero-order valence-corrected chi connectivity index (χ0v) is 12.4. The maximum Gasteiger partial charge on any atom is 0.309 e. The van der Waals surface area contributed by atoms with Gasteiger partial charge in [-0.2, -0.15) is 0 Å². The van der Waals surface area contributed by atoms with Crippen molar-refractivity contribution in [2.45, 2.75) is 6.42 Å². The van der Waals surface area contributed by atoms with E-state index in [1.165, 1.54) is 7.11 Å². The van der Waals surface area contributed by atoms with E-state index in [0.717, 1.165) is 16.7 Å². The van der Waals surface area contributed by atoms with Gasteiger partial charge in [0, 0.05) is 5.56 Å². The molecule has 0 amide bonds. The van der Waals surface area contributed by atoms with Gasteiger partial charge in [0.1, 0.15) is 0 Å². The molecule has 4 nitrogen and oxygen atoms in total. The van der Waals surface area contributed by atoms with Crippen LogP contribution < -0.4 is 9.47 Å². The van der Waals surface area contributed by atoms with Crippen LogP contribution in [-0.2, 0) is 16.0 Å². The largest absolute Gasteiger partial charge is 0.493 e. The summed E-state index contributed by atoms with van der Waals surface area (Å²) in [6, 6.07) is 13.4. The van der Waals surface area contributed by atoms with Crippen LogP contribution in [0.2, 0.25) is 0 Å². The predicted octanol–water partition coefficient (Wildman–Crippen LogP) is 3.09. The lowest BCUT2D eigenvalue weighted by Crippen LogP contribution is -2.06. The van der Waals surface area contributed by atoms with Crippen molar-refractivity contribution in [1.29, 1.82) is 0 Å². The lowest BCUT2D eigenvalue weighted by molar-refractivity contribution is -0.139. The molecule has 0 atom stereocenters. The normalized spacial score (nSPS) is 10.0. The number of methoxy groups -OCH3 is 3. The minimum atomic E-state index is -0.274. The average Bonchev–Trinajstić information content (AvgIpc) is 2.54. The molecule has 0 radical (unpaired) electrons. The molecule has 0 fully saturated rings. The Bertz CT molecular complexity index is 634. The number of carbonyl (C=O) groups is 1. The van der Waals surface area contributed by atoms with Crippen LogP contribution >= 0.6 is 0 Å². The third-order valence-electron chi connectivity index (χ3n) is 3.27. The zero-order chi connectivity index (χ0) is 15.2. The van der Waals surface area contributed by atoms with Crippen molar-refractivity contribution in [3.63, 3.8) is 0 Å². The second-order valence-electron chi connectivity index (χ2n) is 4.45. The van der Waals surface area contributed by atoms with Crippen LogP contribution in [0.1, 0.15) is 5.56 Å². The standard InChI is InChI=1S/C17H18O4/c1-19-15-10-6-9-14(17(15)21-3)13-8-5-4-7-12(13)11-16(18)20-2/h4-10H,11H2,1-3H3. The minimum Gasteiger partial charge on any atom is -0.493 e. The summed E-state index contributed by atoms with van der Waals surface area (Å²) in [7, 11) is 4.59. The second kappa shape index (κ2) is 6.79. The van der Waals surface area contributed by atoms with Crippen molar-refractivity contribution in [3.8, 4) is 22.6 Å². The number of esters is 1. The van der Waals surface area contributed by atoms with E-state index in [9.17, 15) is 4.79 Å². The highest BCUT2D eigenvalue weighted by Crippen LogP contribution is 2.39. The summed E-state index contributed by atoms with van der Waals surface area (Å²) in [6.45, 7) is 0. The quantitative estimate of drug-likeness (QED) is 0.792. The fraction of sp³-hybridized carbons (Fsp3) is 0.235. The molecule has 0 unspecified atom stereocenters. The number of rotatable bonds is 5. The first-order chi connectivity index (χ1) is 10.2. The Hall–Kier alpha value is -2.49. The van der Waals surface area contributed by atoms with Gasteiger partial charge in [0.15, 0.2) is 11.5 Å². The Kier molecular flexibility index (Phi) is 4.82. The van der Waals surface area contributed by atoms with Crippen LogP contribution in [0.5, 0.6) is 11.5 Å². The smallest absolute Gasteiger partial charge is 0.309 e. The highest BCUT2D eigenvalue weighted by molar-refractivity contribution is 5.81. The molecule has 21 heavy (non-hydrogen) atoms. The van der Waals surface area contributed by atoms with E-state index in [1.807, 2.05) is 42.5 Å². The highest BCUT2D eigenvalue weighted by Gasteiger charge is 2.15. The molecule has 0 aliphatic carbocycles. The summed E-state index contributed by atoms with van der Waals surface area (Å²) in [5, 5.41) is 0. The average molecular weight is 286 g/mol. The molecule has 0 bridgehead atoms. The lowest BCUT2D eigenvalue weighted by atomic mass is 9.96. The van der Waals surface area contributed by atoms with E-state index in [-0.39, 0.29) is 12.4 Å². The molecule has 0 spiro atoms. The van der Waals surface area contributed by atoms with Crippen LogP contribution in [0.4, 0.5) is 0 Å². The topological polar surface area (TPSA) is 44.8 Å². The van der Waals surface area contributed by atoms with E-state index in [4.69, 9.17) is 14.2 Å². The molecule has 2 rings (SSSR count). The molecule has 0 heterocycles. The fourth-order valence-corrected chi connectivity index (χ4v) is 2.26. The van der Waals surface area contributed by atoms with Crippen molar-refractivity contribution < 1.29 is 19.0 Å². The summed E-state index contributed by atoms with van der Waals surface area (Å²) in [5.74, 6) is 1.03. The minimum absolute atomic E-state index is 0.215. The fourth-order valence-electron chi connectivity index (χ4n) is 2.26. The Morgan fingerprint density at radius 1 is 0.905 bits per heavy atom. The van der Waals surface area contributed by atoms with E-state index in [0.29, 0.717) is 11.5 Å². The molecule has 2 aromatic rings. The third kappa shape index (κ3) is 3.16. The van der Waals surface area contributed by atoms with Crippen LogP contribution in [-0.4, -0.2) is 27.3 Å². The first-order valence-electron chi connectivity index (χ1n) is 6.57. The zero-order valence-electron chi connectivity index (χ0n) is 12.4. The number of ether oxygens (including phenoxy) is 3. The third-order valence-corrected chi connectivity index (χ3v) is 3.27. The van der Waals surface area contributed by atoms with Gasteiger partial charge in [-0.1, -0.05) is 36.4 Å².